The van der Waals surface area contributed by atoms with Gasteiger partial charge in [-0.1, -0.05) is 29.6 Å². The summed E-state index contributed by atoms with van der Waals surface area (Å²) in [6.45, 7) is 0.0476. The Kier molecular flexibility index (Phi) is 5.80. The van der Waals surface area contributed by atoms with Crippen LogP contribution in [0, 0.1) is 0 Å². The van der Waals surface area contributed by atoms with E-state index in [2.05, 4.69) is 59.3 Å². The molecule has 0 atom stereocenters. The number of nitrogens with zero attached hydrogens (tertiary/aromatic N) is 1. The minimum absolute atomic E-state index is 0.0476. The Balaban J connectivity index is 1.78. The van der Waals surface area contributed by atoms with E-state index in [1.165, 1.54) is 5.46 Å². The number of ether oxygens (including phenoxy) is 3. The fourth-order valence-corrected chi connectivity index (χ4v) is 3.67. The number of anilines is 1. The lowest BCUT2D eigenvalue weighted by atomic mass is 9.52. The van der Waals surface area contributed by atoms with Gasteiger partial charge in [0.15, 0.2) is 0 Å². The van der Waals surface area contributed by atoms with Crippen LogP contribution in [0.5, 0.6) is 17.2 Å². The van der Waals surface area contributed by atoms with Gasteiger partial charge in [0.25, 0.3) is 0 Å². The van der Waals surface area contributed by atoms with Gasteiger partial charge >= 0.3 is 6.85 Å². The average molecular weight is 397 g/mol. The smallest absolute Gasteiger partial charge is 0.320 e. The summed E-state index contributed by atoms with van der Waals surface area (Å²) in [5.41, 5.74) is 4.51. The van der Waals surface area contributed by atoms with Gasteiger partial charge in [-0.3, -0.25) is 0 Å². The van der Waals surface area contributed by atoms with Gasteiger partial charge in [-0.15, -0.1) is 0 Å². The van der Waals surface area contributed by atoms with Crippen LogP contribution in [0.2, 0.25) is 0 Å². The quantitative estimate of drug-likeness (QED) is 0.571. The molecule has 0 spiro atoms. The predicted molar refractivity (Wildman–Crippen MR) is 124 cm³/mol. The summed E-state index contributed by atoms with van der Waals surface area (Å²) in [5, 5.41) is 0. The van der Waals surface area contributed by atoms with E-state index < -0.39 is 0 Å². The molecule has 0 aliphatic carbocycles. The Hall–Kier alpha value is -3.60. The van der Waals surface area contributed by atoms with Crippen molar-refractivity contribution in [2.24, 2.45) is 0 Å². The summed E-state index contributed by atoms with van der Waals surface area (Å²) >= 11 is 0. The van der Waals surface area contributed by atoms with E-state index in [1.54, 1.807) is 21.3 Å². The number of methoxy groups -OCH3 is 3. The van der Waals surface area contributed by atoms with Gasteiger partial charge in [-0.25, -0.2) is 0 Å². The molecule has 3 aromatic rings. The Bertz CT molecular complexity index is 1040. The summed E-state index contributed by atoms with van der Waals surface area (Å²) in [5.74, 6) is 4.73. The van der Waals surface area contributed by atoms with E-state index in [9.17, 15) is 0 Å². The molecule has 0 unspecified atom stereocenters. The topological polar surface area (TPSA) is 30.9 Å². The van der Waals surface area contributed by atoms with Crippen molar-refractivity contribution in [3.8, 4) is 17.2 Å². The fraction of sp³-hybridized carbons (Fsp3) is 0.120. The third kappa shape index (κ3) is 3.92. The highest BCUT2D eigenvalue weighted by Crippen LogP contribution is 2.32. The number of rotatable bonds is 6. The van der Waals surface area contributed by atoms with Crippen molar-refractivity contribution in [2.75, 3.05) is 26.1 Å². The maximum Gasteiger partial charge on any atom is 0.320 e. The maximum absolute atomic E-state index is 5.36. The zero-order valence-electron chi connectivity index (χ0n) is 17.4. The molecule has 1 aliphatic rings. The zero-order chi connectivity index (χ0) is 20.9. The van der Waals surface area contributed by atoms with Gasteiger partial charge < -0.3 is 19.0 Å². The first kappa shape index (κ1) is 19.7. The maximum atomic E-state index is 5.36. The molecule has 4 nitrogen and oxygen atoms in total. The standard InChI is InChI=1S/C25H24BNO3/c1-28-22-12-6-19(7-13-22)25-5-4-18-26(20-8-14-23(29-2)15-9-20)27(25)21-10-16-24(30-3)17-11-21/h4-18H,1-3H3. The molecule has 0 aromatic heterocycles. The highest BCUT2D eigenvalue weighted by Gasteiger charge is 2.29. The molecule has 30 heavy (non-hydrogen) atoms. The van der Waals surface area contributed by atoms with Gasteiger partial charge in [0.2, 0.25) is 0 Å². The molecule has 0 fully saturated rings. The number of hydrogen-bond donors (Lipinski definition) is 0. The third-order valence-electron chi connectivity index (χ3n) is 5.28. The van der Waals surface area contributed by atoms with Crippen molar-refractivity contribution in [1.29, 1.82) is 0 Å². The molecule has 0 saturated carbocycles. The summed E-state index contributed by atoms with van der Waals surface area (Å²) in [6.07, 6.45) is 4.26. The van der Waals surface area contributed by atoms with Crippen LogP contribution in [0.15, 0.2) is 90.9 Å². The number of allylic oxidation sites excluding steroid dienone is 2. The Labute approximate surface area is 178 Å². The molecule has 1 aliphatic heterocycles. The van der Waals surface area contributed by atoms with E-state index in [1.807, 2.05) is 36.4 Å². The molecule has 3 aromatic carbocycles. The van der Waals surface area contributed by atoms with Crippen molar-refractivity contribution < 1.29 is 14.2 Å². The van der Waals surface area contributed by atoms with Crippen molar-refractivity contribution >= 4 is 23.7 Å². The summed E-state index contributed by atoms with van der Waals surface area (Å²) < 4.78 is 16.0. The second-order valence-corrected chi connectivity index (χ2v) is 6.95. The van der Waals surface area contributed by atoms with E-state index >= 15 is 0 Å². The van der Waals surface area contributed by atoms with Crippen molar-refractivity contribution in [3.63, 3.8) is 0 Å². The van der Waals surface area contributed by atoms with Crippen LogP contribution in [-0.4, -0.2) is 28.2 Å². The molecule has 0 bridgehead atoms. The van der Waals surface area contributed by atoms with Crippen molar-refractivity contribution in [2.45, 2.75) is 0 Å². The Morgan fingerprint density at radius 2 is 1.13 bits per heavy atom. The molecular formula is C25H24BNO3. The van der Waals surface area contributed by atoms with Gasteiger partial charge in [0.05, 0.1) is 21.3 Å². The largest absolute Gasteiger partial charge is 0.497 e. The molecule has 0 radical (unpaired) electrons. The van der Waals surface area contributed by atoms with Crippen LogP contribution < -0.4 is 24.5 Å². The monoisotopic (exact) mass is 397 g/mol. The van der Waals surface area contributed by atoms with Crippen LogP contribution >= 0.6 is 0 Å². The zero-order valence-corrected chi connectivity index (χ0v) is 17.4. The predicted octanol–water partition coefficient (Wildman–Crippen LogP) is 4.57. The average Bonchev–Trinajstić information content (AvgIpc) is 2.84. The van der Waals surface area contributed by atoms with E-state index in [0.29, 0.717) is 0 Å². The lowest BCUT2D eigenvalue weighted by molar-refractivity contribution is 0.414. The van der Waals surface area contributed by atoms with Crippen LogP contribution in [0.1, 0.15) is 5.56 Å². The normalized spacial score (nSPS) is 13.1. The molecule has 150 valence electrons. The van der Waals surface area contributed by atoms with Gasteiger partial charge in [-0.05, 0) is 72.3 Å². The molecule has 0 N–H and O–H groups in total. The minimum Gasteiger partial charge on any atom is -0.497 e. The Morgan fingerprint density at radius 1 is 0.633 bits per heavy atom. The lowest BCUT2D eigenvalue weighted by Crippen LogP contribution is -2.47. The van der Waals surface area contributed by atoms with E-state index in [4.69, 9.17) is 14.2 Å². The molecule has 5 heteroatoms. The fourth-order valence-electron chi connectivity index (χ4n) is 3.67. The molecule has 4 rings (SSSR count). The highest BCUT2D eigenvalue weighted by atomic mass is 16.5. The second kappa shape index (κ2) is 8.83. The first-order chi connectivity index (χ1) is 14.7. The minimum atomic E-state index is 0.0476. The SMILES string of the molecule is COc1ccc(B2C=CC=C(c3ccc(OC)cc3)N2c2ccc(OC)cc2)cc1. The molecule has 0 amide bonds. The van der Waals surface area contributed by atoms with E-state index in [-0.39, 0.29) is 6.85 Å². The number of hydrogen-bond acceptors (Lipinski definition) is 4. The summed E-state index contributed by atoms with van der Waals surface area (Å²) in [6, 6.07) is 24.5. The van der Waals surface area contributed by atoms with Crippen LogP contribution in [0.25, 0.3) is 5.70 Å². The second-order valence-electron chi connectivity index (χ2n) is 6.95. The first-order valence-electron chi connectivity index (χ1n) is 9.83. The van der Waals surface area contributed by atoms with Gasteiger partial charge in [-0.2, -0.15) is 0 Å². The molecule has 0 saturated heterocycles. The lowest BCUT2D eigenvalue weighted by Gasteiger charge is -2.35. The summed E-state index contributed by atoms with van der Waals surface area (Å²) in [4.78, 5) is 2.34. The van der Waals surface area contributed by atoms with Gasteiger partial charge in [0.1, 0.15) is 17.2 Å². The number of benzene rings is 3. The first-order valence-corrected chi connectivity index (χ1v) is 9.83. The van der Waals surface area contributed by atoms with E-state index in [0.717, 1.165) is 34.2 Å². The van der Waals surface area contributed by atoms with Crippen molar-refractivity contribution in [1.82, 2.24) is 0 Å². The van der Waals surface area contributed by atoms with Crippen molar-refractivity contribution in [3.05, 3.63) is 96.5 Å². The van der Waals surface area contributed by atoms with Crippen LogP contribution in [0.3, 0.4) is 0 Å². The highest BCUT2D eigenvalue weighted by molar-refractivity contribution is 6.83. The molecular weight excluding hydrogens is 373 g/mol. The summed E-state index contributed by atoms with van der Waals surface area (Å²) in [7, 11) is 5.05. The molecule has 1 heterocycles. The van der Waals surface area contributed by atoms with Crippen LogP contribution in [0.4, 0.5) is 5.69 Å². The Morgan fingerprint density at radius 3 is 1.67 bits per heavy atom. The van der Waals surface area contributed by atoms with Gasteiger partial charge in [0, 0.05) is 11.4 Å². The third-order valence-corrected chi connectivity index (χ3v) is 5.28. The van der Waals surface area contributed by atoms with Crippen LogP contribution in [-0.2, 0) is 0 Å².